The van der Waals surface area contributed by atoms with Crippen LogP contribution in [0.5, 0.6) is 0 Å². The Morgan fingerprint density at radius 1 is 1.00 bits per heavy atom. The first kappa shape index (κ1) is 24.5. The molecular formula is C26H23ClFIN2O3. The number of hydrogen-bond donors (Lipinski definition) is 1. The summed E-state index contributed by atoms with van der Waals surface area (Å²) in [5.74, 6) is -1.01. The number of hydrogen-bond acceptors (Lipinski definition) is 4. The molecule has 1 atom stereocenters. The second-order valence-electron chi connectivity index (χ2n) is 8.02. The number of piperidine rings is 1. The molecule has 1 aliphatic heterocycles. The van der Waals surface area contributed by atoms with Gasteiger partial charge in [-0.05, 0) is 65.8 Å². The van der Waals surface area contributed by atoms with Crippen LogP contribution in [-0.2, 0) is 4.74 Å². The molecule has 1 saturated heterocycles. The van der Waals surface area contributed by atoms with Crippen molar-refractivity contribution in [3.8, 4) is 0 Å². The van der Waals surface area contributed by atoms with E-state index in [1.165, 1.54) is 12.1 Å². The normalized spacial score (nSPS) is 15.0. The predicted molar refractivity (Wildman–Crippen MR) is 139 cm³/mol. The molecule has 0 spiro atoms. The Morgan fingerprint density at radius 2 is 1.68 bits per heavy atom. The second-order valence-corrected chi connectivity index (χ2v) is 9.58. The molecule has 1 unspecified atom stereocenters. The summed E-state index contributed by atoms with van der Waals surface area (Å²) in [5, 5.41) is 3.79. The number of nitrogens with one attached hydrogen (secondary N) is 1. The van der Waals surface area contributed by atoms with Crippen LogP contribution in [0.2, 0.25) is 5.02 Å². The molecule has 0 aromatic heterocycles. The van der Waals surface area contributed by atoms with Gasteiger partial charge in [-0.3, -0.25) is 4.79 Å². The summed E-state index contributed by atoms with van der Waals surface area (Å²) in [6.45, 7) is 1.05. The van der Waals surface area contributed by atoms with Gasteiger partial charge in [-0.1, -0.05) is 54.1 Å². The minimum atomic E-state index is -0.575. The number of alkyl halides is 1. The Kier molecular flexibility index (Phi) is 8.05. The smallest absolute Gasteiger partial charge is 0.411 e. The lowest BCUT2D eigenvalue weighted by Crippen LogP contribution is -2.42. The van der Waals surface area contributed by atoms with Gasteiger partial charge < -0.3 is 15.0 Å². The zero-order valence-electron chi connectivity index (χ0n) is 18.2. The topological polar surface area (TPSA) is 58.6 Å². The number of carbonyl (C=O) groups excluding carboxylic acids is 2. The third kappa shape index (κ3) is 5.88. The summed E-state index contributed by atoms with van der Waals surface area (Å²) in [6, 6.07) is 20.5. The van der Waals surface area contributed by atoms with Gasteiger partial charge in [0.1, 0.15) is 5.82 Å². The molecule has 34 heavy (non-hydrogen) atoms. The molecule has 1 aliphatic rings. The van der Waals surface area contributed by atoms with E-state index in [2.05, 4.69) is 27.9 Å². The fourth-order valence-corrected chi connectivity index (χ4v) is 4.69. The lowest BCUT2D eigenvalue weighted by atomic mass is 9.99. The Morgan fingerprint density at radius 3 is 2.38 bits per heavy atom. The fourth-order valence-electron chi connectivity index (χ4n) is 3.88. The zero-order valence-corrected chi connectivity index (χ0v) is 21.1. The zero-order chi connectivity index (χ0) is 24.1. The molecule has 3 aromatic rings. The average Bonchev–Trinajstić information content (AvgIpc) is 2.86. The van der Waals surface area contributed by atoms with Crippen LogP contribution in [0.15, 0.2) is 72.8 Å². The van der Waals surface area contributed by atoms with Crippen LogP contribution < -0.4 is 5.32 Å². The number of anilines is 1. The maximum atomic E-state index is 14.2. The SMILES string of the molecule is O=C(c1ccccc1F)c1cc(Cl)ccc1NC1CCN(C(=O)OC(I)c2ccccc2)CC1. The van der Waals surface area contributed by atoms with Gasteiger partial charge in [0, 0.05) is 41.0 Å². The quantitative estimate of drug-likeness (QED) is 0.193. The van der Waals surface area contributed by atoms with Crippen LogP contribution >= 0.6 is 34.2 Å². The van der Waals surface area contributed by atoms with Crippen molar-refractivity contribution in [2.75, 3.05) is 18.4 Å². The number of halogens is 3. The number of likely N-dealkylation sites (tertiary alicyclic amines) is 1. The van der Waals surface area contributed by atoms with Crippen molar-refractivity contribution < 1.29 is 18.7 Å². The van der Waals surface area contributed by atoms with Gasteiger partial charge in [0.05, 0.1) is 5.56 Å². The Labute approximate surface area is 216 Å². The summed E-state index contributed by atoms with van der Waals surface area (Å²) < 4.78 is 19.5. The highest BCUT2D eigenvalue weighted by Gasteiger charge is 2.27. The molecule has 3 aromatic carbocycles. The van der Waals surface area contributed by atoms with Gasteiger partial charge in [-0.25, -0.2) is 9.18 Å². The largest absolute Gasteiger partial charge is 0.430 e. The summed E-state index contributed by atoms with van der Waals surface area (Å²) in [6.07, 6.45) is 1.02. The Balaban J connectivity index is 1.38. The first-order valence-corrected chi connectivity index (χ1v) is 12.5. The minimum Gasteiger partial charge on any atom is -0.430 e. The molecule has 1 N–H and O–H groups in total. The van der Waals surface area contributed by atoms with Crippen molar-refractivity contribution in [1.29, 1.82) is 0 Å². The van der Waals surface area contributed by atoms with Crippen molar-refractivity contribution in [3.63, 3.8) is 0 Å². The molecule has 4 rings (SSSR count). The van der Waals surface area contributed by atoms with Crippen LogP contribution in [0.1, 0.15) is 38.4 Å². The molecule has 0 saturated carbocycles. The van der Waals surface area contributed by atoms with E-state index in [-0.39, 0.29) is 21.8 Å². The van der Waals surface area contributed by atoms with Crippen molar-refractivity contribution >= 4 is 51.8 Å². The Bertz CT molecular complexity index is 1170. The first-order valence-electron chi connectivity index (χ1n) is 10.9. The number of rotatable bonds is 6. The van der Waals surface area contributed by atoms with Crippen LogP contribution in [0.3, 0.4) is 0 Å². The van der Waals surface area contributed by atoms with Crippen LogP contribution in [-0.4, -0.2) is 35.9 Å². The number of nitrogens with zero attached hydrogens (tertiary/aromatic N) is 1. The van der Waals surface area contributed by atoms with E-state index >= 15 is 0 Å². The monoisotopic (exact) mass is 592 g/mol. The number of ketones is 1. The van der Waals surface area contributed by atoms with E-state index in [9.17, 15) is 14.0 Å². The molecular weight excluding hydrogens is 570 g/mol. The molecule has 1 amide bonds. The molecule has 176 valence electrons. The highest BCUT2D eigenvalue weighted by atomic mass is 127. The third-order valence-electron chi connectivity index (χ3n) is 5.72. The number of benzene rings is 3. The molecule has 0 bridgehead atoms. The second kappa shape index (κ2) is 11.2. The lowest BCUT2D eigenvalue weighted by Gasteiger charge is -2.33. The molecule has 0 radical (unpaired) electrons. The van der Waals surface area contributed by atoms with Crippen molar-refractivity contribution in [1.82, 2.24) is 4.90 Å². The van der Waals surface area contributed by atoms with Crippen molar-refractivity contribution in [3.05, 3.63) is 100 Å². The van der Waals surface area contributed by atoms with E-state index in [0.29, 0.717) is 42.2 Å². The van der Waals surface area contributed by atoms with E-state index < -0.39 is 11.6 Å². The van der Waals surface area contributed by atoms with Gasteiger partial charge >= 0.3 is 6.09 Å². The standard InChI is InChI=1S/C26H23ClFIN2O3/c27-18-10-11-23(21(16-18)24(32)20-8-4-5-9-22(20)28)30-19-12-14-31(15-13-19)26(33)34-25(29)17-6-2-1-3-7-17/h1-11,16,19,25,30H,12-15H2. The van der Waals surface area contributed by atoms with Crippen LogP contribution in [0, 0.1) is 5.82 Å². The Hall–Kier alpha value is -2.65. The molecule has 1 heterocycles. The highest BCUT2D eigenvalue weighted by Crippen LogP contribution is 2.28. The lowest BCUT2D eigenvalue weighted by molar-refractivity contribution is 0.0895. The van der Waals surface area contributed by atoms with Gasteiger partial charge in [-0.15, -0.1) is 0 Å². The van der Waals surface area contributed by atoms with Crippen molar-refractivity contribution in [2.24, 2.45) is 0 Å². The van der Waals surface area contributed by atoms with E-state index in [1.54, 1.807) is 35.2 Å². The van der Waals surface area contributed by atoms with Gasteiger partial charge in [0.25, 0.3) is 0 Å². The average molecular weight is 593 g/mol. The number of carbonyl (C=O) groups is 2. The fraction of sp³-hybridized carbons (Fsp3) is 0.231. The van der Waals surface area contributed by atoms with Gasteiger partial charge in [0.2, 0.25) is 0 Å². The molecule has 8 heteroatoms. The summed E-state index contributed by atoms with van der Waals surface area (Å²) >= 11 is 8.24. The highest BCUT2D eigenvalue weighted by molar-refractivity contribution is 14.1. The number of ether oxygens (including phenoxy) is 1. The van der Waals surface area contributed by atoms with Crippen LogP contribution in [0.25, 0.3) is 0 Å². The minimum absolute atomic E-state index is 0.00264. The van der Waals surface area contributed by atoms with Crippen molar-refractivity contribution in [2.45, 2.75) is 23.0 Å². The summed E-state index contributed by atoms with van der Waals surface area (Å²) in [4.78, 5) is 27.3. The number of amides is 1. The third-order valence-corrected chi connectivity index (χ3v) is 6.93. The molecule has 5 nitrogen and oxygen atoms in total. The first-order chi connectivity index (χ1) is 16.4. The van der Waals surface area contributed by atoms with Gasteiger partial charge in [0.15, 0.2) is 9.89 Å². The summed E-state index contributed by atoms with van der Waals surface area (Å²) in [7, 11) is 0. The predicted octanol–water partition coefficient (Wildman–Crippen LogP) is 6.86. The van der Waals surface area contributed by atoms with E-state index in [4.69, 9.17) is 16.3 Å². The molecule has 0 aliphatic carbocycles. The van der Waals surface area contributed by atoms with Crippen LogP contribution in [0.4, 0.5) is 14.9 Å². The maximum absolute atomic E-state index is 14.2. The van der Waals surface area contributed by atoms with Gasteiger partial charge in [-0.2, -0.15) is 0 Å². The van der Waals surface area contributed by atoms with E-state index in [0.717, 1.165) is 5.56 Å². The maximum Gasteiger partial charge on any atom is 0.411 e. The van der Waals surface area contributed by atoms with E-state index in [1.807, 2.05) is 30.3 Å². The summed E-state index contributed by atoms with van der Waals surface area (Å²) in [5.41, 5.74) is 1.84. The molecule has 1 fully saturated rings.